The van der Waals surface area contributed by atoms with E-state index in [0.29, 0.717) is 51.2 Å². The van der Waals surface area contributed by atoms with Gasteiger partial charge in [0, 0.05) is 54.3 Å². The predicted octanol–water partition coefficient (Wildman–Crippen LogP) is 3.26. The van der Waals surface area contributed by atoms with E-state index in [4.69, 9.17) is 28.0 Å². The van der Waals surface area contributed by atoms with Crippen molar-refractivity contribution in [3.05, 3.63) is 70.5 Å². The number of fused-ring (bicyclic) bond motifs is 1. The zero-order valence-electron chi connectivity index (χ0n) is 28.4. The molecule has 4 heterocycles. The number of amidine groups is 1. The highest BCUT2D eigenvalue weighted by atomic mass is 35.5. The molecule has 1 aromatic heterocycles. The van der Waals surface area contributed by atoms with Gasteiger partial charge in [-0.05, 0) is 49.0 Å². The second-order valence-electron chi connectivity index (χ2n) is 13.8. The van der Waals surface area contributed by atoms with Crippen molar-refractivity contribution in [2.45, 2.75) is 70.9 Å². The summed E-state index contributed by atoms with van der Waals surface area (Å²) in [7, 11) is 0. The van der Waals surface area contributed by atoms with E-state index in [0.717, 1.165) is 29.5 Å². The first kappa shape index (κ1) is 35.0. The van der Waals surface area contributed by atoms with E-state index < -0.39 is 18.2 Å². The van der Waals surface area contributed by atoms with Gasteiger partial charge >= 0.3 is 0 Å². The van der Waals surface area contributed by atoms with Crippen molar-refractivity contribution in [1.82, 2.24) is 30.7 Å². The van der Waals surface area contributed by atoms with E-state index in [1.165, 1.54) is 5.57 Å². The molecule has 4 aliphatic rings. The maximum Gasteiger partial charge on any atom is 0.254 e. The number of carbonyl (C=O) groups is 2. The molecule has 2 atom stereocenters. The average molecular weight is 706 g/mol. The monoisotopic (exact) mass is 705 g/mol. The van der Waals surface area contributed by atoms with Gasteiger partial charge in [-0.2, -0.15) is 0 Å². The number of hydrogen-bond acceptors (Lipinski definition) is 11. The summed E-state index contributed by atoms with van der Waals surface area (Å²) in [5, 5.41) is 27.1. The summed E-state index contributed by atoms with van der Waals surface area (Å²) in [4.78, 5) is 33.0. The molecule has 1 spiro atoms. The van der Waals surface area contributed by atoms with Crippen LogP contribution >= 0.6 is 11.6 Å². The Labute approximate surface area is 295 Å². The standard InChI is InChI=1S/C33H44ClN13O3/c1-32(2,3)20-7-9-21(10-8-20)50-18-17-46-14-11-22-23(5-4-6-24(22)46)30(49)47-15-12-33(13-16-47)19-37-31(41-33)40-29(48)25-27(42-44-35)39-28(43-45-36)26(34)38-25/h4-7,9,11,14,25,31,37-38,41H,8,10,12-13,15-19H2,1-3H3,(H2,36,43)(H,40,48)(H2,35,39,42). The molecular weight excluding hydrogens is 662 g/mol. The van der Waals surface area contributed by atoms with Crippen LogP contribution in [0.2, 0.25) is 0 Å². The molecule has 2 fully saturated rings. The molecule has 2 aromatic rings. The Morgan fingerprint density at radius 1 is 1.12 bits per heavy atom. The van der Waals surface area contributed by atoms with E-state index in [9.17, 15) is 9.59 Å². The van der Waals surface area contributed by atoms with Crippen LogP contribution in [0.4, 0.5) is 0 Å². The van der Waals surface area contributed by atoms with Crippen LogP contribution in [0.1, 0.15) is 56.8 Å². The van der Waals surface area contributed by atoms with Crippen LogP contribution < -0.4 is 33.0 Å². The minimum absolute atomic E-state index is 0.00629. The Morgan fingerprint density at radius 3 is 2.60 bits per heavy atom. The van der Waals surface area contributed by atoms with Gasteiger partial charge in [0.25, 0.3) is 11.8 Å². The zero-order chi connectivity index (χ0) is 35.5. The van der Waals surface area contributed by atoms with Crippen LogP contribution in [0.15, 0.2) is 90.6 Å². The highest BCUT2D eigenvalue weighted by Crippen LogP contribution is 2.33. The number of rotatable bonds is 8. The number of benzene rings is 1. The maximum absolute atomic E-state index is 13.8. The van der Waals surface area contributed by atoms with Gasteiger partial charge in [0.15, 0.2) is 17.0 Å². The molecule has 3 aliphatic heterocycles. The Balaban J connectivity index is 1.02. The van der Waals surface area contributed by atoms with E-state index in [1.54, 1.807) is 0 Å². The zero-order valence-corrected chi connectivity index (χ0v) is 29.2. The number of aromatic nitrogens is 1. The van der Waals surface area contributed by atoms with Gasteiger partial charge in [0.05, 0.1) is 12.3 Å². The molecular formula is C33H44ClN13O3. The number of nitrogens with zero attached hydrogens (tertiary/aromatic N) is 7. The summed E-state index contributed by atoms with van der Waals surface area (Å²) < 4.78 is 8.27. The molecule has 266 valence electrons. The molecule has 0 bridgehead atoms. The van der Waals surface area contributed by atoms with Gasteiger partial charge in [0.1, 0.15) is 12.9 Å². The van der Waals surface area contributed by atoms with Crippen molar-refractivity contribution in [2.75, 3.05) is 26.2 Å². The van der Waals surface area contributed by atoms with Crippen LogP contribution in [0, 0.1) is 5.41 Å². The molecule has 1 aromatic carbocycles. The van der Waals surface area contributed by atoms with Crippen LogP contribution in [0.5, 0.6) is 0 Å². The topological polar surface area (TPSA) is 214 Å². The third kappa shape index (κ3) is 7.51. The average Bonchev–Trinajstić information content (AvgIpc) is 3.69. The SMILES string of the molecule is CC(C)(C)C1=CC=C(OCCn2ccc3c(C(=O)N4CCC5(CC4)CNC(NC(=O)C4NC(Cl)=C(N=NN)N=C4N=NN)N5)cccc32)CC1. The smallest absolute Gasteiger partial charge is 0.254 e. The Kier molecular flexibility index (Phi) is 10.2. The Hall–Kier alpha value is -4.80. The molecule has 1 aliphatic carbocycles. The summed E-state index contributed by atoms with van der Waals surface area (Å²) in [5.74, 6) is 10.7. The molecule has 50 heavy (non-hydrogen) atoms. The largest absolute Gasteiger partial charge is 0.496 e. The normalized spacial score (nSPS) is 22.6. The number of nitrogens with one attached hydrogen (secondary N) is 4. The Morgan fingerprint density at radius 2 is 1.90 bits per heavy atom. The molecule has 2 saturated heterocycles. The predicted molar refractivity (Wildman–Crippen MR) is 189 cm³/mol. The molecule has 16 nitrogen and oxygen atoms in total. The number of amides is 2. The second kappa shape index (κ2) is 14.6. The fourth-order valence-electron chi connectivity index (χ4n) is 6.81. The number of aliphatic imine (C=N–C) groups is 1. The molecule has 17 heteroatoms. The van der Waals surface area contributed by atoms with Crippen molar-refractivity contribution in [3.8, 4) is 0 Å². The first-order valence-electron chi connectivity index (χ1n) is 16.7. The highest BCUT2D eigenvalue weighted by molar-refractivity contribution is 6.30. The van der Waals surface area contributed by atoms with Gasteiger partial charge in [0.2, 0.25) is 5.82 Å². The number of likely N-dealkylation sites (tertiary alicyclic amines) is 1. The number of hydrogen-bond donors (Lipinski definition) is 6. The summed E-state index contributed by atoms with van der Waals surface area (Å²) in [5.41, 5.74) is 3.01. The van der Waals surface area contributed by atoms with E-state index in [-0.39, 0.29) is 33.7 Å². The summed E-state index contributed by atoms with van der Waals surface area (Å²) in [6.45, 7) is 9.70. The number of ether oxygens (including phenoxy) is 1. The van der Waals surface area contributed by atoms with Gasteiger partial charge in [-0.3, -0.25) is 20.2 Å². The van der Waals surface area contributed by atoms with Gasteiger partial charge in [-0.15, -0.1) is 10.2 Å². The summed E-state index contributed by atoms with van der Waals surface area (Å²) in [6.07, 6.45) is 9.12. The lowest BCUT2D eigenvalue weighted by molar-refractivity contribution is -0.122. The third-order valence-corrected chi connectivity index (χ3v) is 9.93. The highest BCUT2D eigenvalue weighted by Gasteiger charge is 2.43. The number of allylic oxidation sites excluding steroid dienone is 4. The molecule has 0 radical (unpaired) electrons. The molecule has 8 N–H and O–H groups in total. The first-order chi connectivity index (χ1) is 24.0. The van der Waals surface area contributed by atoms with Gasteiger partial charge in [-0.25, -0.2) is 4.99 Å². The van der Waals surface area contributed by atoms with Gasteiger partial charge < -0.3 is 36.5 Å². The van der Waals surface area contributed by atoms with E-state index >= 15 is 0 Å². The van der Waals surface area contributed by atoms with Crippen molar-refractivity contribution in [2.24, 2.45) is 42.8 Å². The van der Waals surface area contributed by atoms with Crippen LogP contribution in [-0.2, 0) is 16.1 Å². The lowest BCUT2D eigenvalue weighted by Gasteiger charge is -2.39. The van der Waals surface area contributed by atoms with Crippen molar-refractivity contribution in [3.63, 3.8) is 0 Å². The number of nitrogens with two attached hydrogens (primary N) is 2. The summed E-state index contributed by atoms with van der Waals surface area (Å²) >= 11 is 6.17. The molecule has 0 saturated carbocycles. The van der Waals surface area contributed by atoms with Crippen molar-refractivity contribution < 1.29 is 14.3 Å². The van der Waals surface area contributed by atoms with E-state index in [1.807, 2.05) is 35.4 Å². The van der Waals surface area contributed by atoms with Crippen LogP contribution in [0.25, 0.3) is 10.9 Å². The number of piperidine rings is 1. The third-order valence-electron chi connectivity index (χ3n) is 9.65. The molecule has 2 amide bonds. The van der Waals surface area contributed by atoms with Crippen molar-refractivity contribution in [1.29, 1.82) is 0 Å². The first-order valence-corrected chi connectivity index (χ1v) is 17.1. The Bertz CT molecular complexity index is 1810. The number of carbonyl (C=O) groups excluding carboxylic acids is 2. The lowest BCUT2D eigenvalue weighted by Crippen LogP contribution is -2.59. The number of halogens is 1. The minimum Gasteiger partial charge on any atom is -0.496 e. The summed E-state index contributed by atoms with van der Waals surface area (Å²) in [6, 6.07) is 6.82. The van der Waals surface area contributed by atoms with E-state index in [2.05, 4.69) is 84.4 Å². The maximum atomic E-state index is 13.8. The van der Waals surface area contributed by atoms with Gasteiger partial charge in [-0.1, -0.05) is 60.5 Å². The fourth-order valence-corrected chi connectivity index (χ4v) is 7.00. The molecule has 6 rings (SSSR count). The minimum atomic E-state index is -1.08. The molecule has 2 unspecified atom stereocenters. The second-order valence-corrected chi connectivity index (χ2v) is 14.2. The van der Waals surface area contributed by atoms with Crippen LogP contribution in [-0.4, -0.2) is 71.2 Å². The quantitative estimate of drug-likeness (QED) is 0.104. The lowest BCUT2D eigenvalue weighted by atomic mass is 9.82. The van der Waals surface area contributed by atoms with Crippen molar-refractivity contribution >= 4 is 40.2 Å². The van der Waals surface area contributed by atoms with Crippen LogP contribution in [0.3, 0.4) is 0 Å². The fraction of sp³-hybridized carbons (Fsp3) is 0.485.